The number of carbonyl (C=O) groups excluding carboxylic acids is 1. The van der Waals surface area contributed by atoms with Gasteiger partial charge in [-0.2, -0.15) is 18.3 Å². The number of amides is 1. The number of halogens is 5. The molecule has 3 N–H and O–H groups in total. The molecule has 7 nitrogen and oxygen atoms in total. The quantitative estimate of drug-likeness (QED) is 0.527. The highest BCUT2D eigenvalue weighted by Gasteiger charge is 2.35. The molecule has 2 heterocycles. The molecule has 12 heteroatoms. The fraction of sp³-hybridized carbons (Fsp3) is 0.250. The number of nitrogens with two attached hydrogens (primary N) is 1. The summed E-state index contributed by atoms with van der Waals surface area (Å²) in [7, 11) is 1.45. The summed E-state index contributed by atoms with van der Waals surface area (Å²) in [5.74, 6) is 0.0953. The number of nitrogens with one attached hydrogen (secondary N) is 1. The maximum absolute atomic E-state index is 13.3. The summed E-state index contributed by atoms with van der Waals surface area (Å²) < 4.78 is 46.0. The van der Waals surface area contributed by atoms with E-state index in [2.05, 4.69) is 15.4 Å². The molecule has 0 unspecified atom stereocenters. The standard InChI is InChI=1S/C20H20F3N5O2.2ClH/c1-30-19-7-6-15(12-26-19)28-16(10-17(27-28)20(21,22)23)14-4-2-13(3-5-14)8-9-25-18(29)11-24;;/h2-7,10,12H,8-9,11,24H2,1H3,(H,25,29);2*1H. The van der Waals surface area contributed by atoms with Crippen LogP contribution in [0.3, 0.4) is 0 Å². The van der Waals surface area contributed by atoms with E-state index < -0.39 is 11.9 Å². The van der Waals surface area contributed by atoms with Gasteiger partial charge in [0.1, 0.15) is 0 Å². The van der Waals surface area contributed by atoms with Crippen molar-refractivity contribution in [3.63, 3.8) is 0 Å². The van der Waals surface area contributed by atoms with E-state index >= 15 is 0 Å². The molecular weight excluding hydrogens is 470 g/mol. The Kier molecular flexibility index (Phi) is 9.95. The monoisotopic (exact) mass is 491 g/mol. The van der Waals surface area contributed by atoms with Crippen molar-refractivity contribution in [2.24, 2.45) is 5.73 Å². The first-order valence-electron chi connectivity index (χ1n) is 9.05. The van der Waals surface area contributed by atoms with Crippen LogP contribution in [0.25, 0.3) is 16.9 Å². The van der Waals surface area contributed by atoms with Gasteiger partial charge in [0.2, 0.25) is 11.8 Å². The molecule has 0 saturated carbocycles. The fourth-order valence-electron chi connectivity index (χ4n) is 2.80. The Hall–Kier alpha value is -2.82. The van der Waals surface area contributed by atoms with E-state index in [9.17, 15) is 18.0 Å². The third-order valence-electron chi connectivity index (χ3n) is 4.35. The summed E-state index contributed by atoms with van der Waals surface area (Å²) >= 11 is 0. The van der Waals surface area contributed by atoms with Crippen molar-refractivity contribution in [1.29, 1.82) is 0 Å². The molecule has 3 aromatic rings. The van der Waals surface area contributed by atoms with E-state index in [0.29, 0.717) is 30.1 Å². The Morgan fingerprint density at radius 3 is 2.38 bits per heavy atom. The molecule has 0 fully saturated rings. The van der Waals surface area contributed by atoms with Gasteiger partial charge in [0.15, 0.2) is 5.69 Å². The molecule has 0 radical (unpaired) electrons. The molecule has 0 bridgehead atoms. The zero-order valence-corrected chi connectivity index (χ0v) is 18.6. The Bertz CT molecular complexity index is 1010. The number of carbonyl (C=O) groups is 1. The number of pyridine rings is 1. The SMILES string of the molecule is COc1ccc(-n2nc(C(F)(F)F)cc2-c2ccc(CCNC(=O)CN)cc2)cn1.Cl.Cl. The van der Waals surface area contributed by atoms with E-state index in [1.807, 2.05) is 0 Å². The van der Waals surface area contributed by atoms with Crippen LogP contribution in [0.5, 0.6) is 5.88 Å². The molecule has 0 aliphatic heterocycles. The molecule has 0 aliphatic rings. The van der Waals surface area contributed by atoms with Gasteiger partial charge in [-0.05, 0) is 24.1 Å². The second-order valence-electron chi connectivity index (χ2n) is 6.38. The van der Waals surface area contributed by atoms with Crippen molar-refractivity contribution in [1.82, 2.24) is 20.1 Å². The van der Waals surface area contributed by atoms with Crippen molar-refractivity contribution < 1.29 is 22.7 Å². The zero-order chi connectivity index (χ0) is 21.7. The minimum atomic E-state index is -4.58. The fourth-order valence-corrected chi connectivity index (χ4v) is 2.80. The first kappa shape index (κ1) is 27.2. The number of aromatic nitrogens is 3. The molecular formula is C20H22Cl2F3N5O2. The number of hydrogen-bond acceptors (Lipinski definition) is 5. The topological polar surface area (TPSA) is 95.1 Å². The smallest absolute Gasteiger partial charge is 0.435 e. The van der Waals surface area contributed by atoms with Gasteiger partial charge < -0.3 is 15.8 Å². The second-order valence-corrected chi connectivity index (χ2v) is 6.38. The maximum atomic E-state index is 13.3. The minimum absolute atomic E-state index is 0. The van der Waals surface area contributed by atoms with Crippen molar-refractivity contribution in [3.05, 3.63) is 59.9 Å². The maximum Gasteiger partial charge on any atom is 0.435 e. The number of nitrogens with zero attached hydrogens (tertiary/aromatic N) is 3. The highest BCUT2D eigenvalue weighted by atomic mass is 35.5. The second kappa shape index (κ2) is 11.7. The molecule has 0 atom stereocenters. The molecule has 0 saturated heterocycles. The third kappa shape index (κ3) is 6.59. The lowest BCUT2D eigenvalue weighted by molar-refractivity contribution is -0.141. The van der Waals surface area contributed by atoms with E-state index in [0.717, 1.165) is 11.6 Å². The Labute approximate surface area is 195 Å². The minimum Gasteiger partial charge on any atom is -0.481 e. The van der Waals surface area contributed by atoms with Crippen LogP contribution in [0, 0.1) is 0 Å². The van der Waals surface area contributed by atoms with E-state index in [-0.39, 0.29) is 43.0 Å². The lowest BCUT2D eigenvalue weighted by Crippen LogP contribution is -2.31. The van der Waals surface area contributed by atoms with Crippen LogP contribution < -0.4 is 15.8 Å². The van der Waals surface area contributed by atoms with Crippen molar-refractivity contribution in [2.45, 2.75) is 12.6 Å². The van der Waals surface area contributed by atoms with Gasteiger partial charge in [0, 0.05) is 18.2 Å². The third-order valence-corrected chi connectivity index (χ3v) is 4.35. The Balaban J connectivity index is 0.00000256. The molecule has 174 valence electrons. The van der Waals surface area contributed by atoms with Gasteiger partial charge in [-0.15, -0.1) is 24.8 Å². The van der Waals surface area contributed by atoms with Crippen molar-refractivity contribution in [3.8, 4) is 22.8 Å². The lowest BCUT2D eigenvalue weighted by Gasteiger charge is -2.09. The zero-order valence-electron chi connectivity index (χ0n) is 16.9. The molecule has 1 aromatic carbocycles. The van der Waals surface area contributed by atoms with Crippen LogP contribution in [-0.2, 0) is 17.4 Å². The molecule has 0 spiro atoms. The van der Waals surface area contributed by atoms with Crippen LogP contribution in [0.1, 0.15) is 11.3 Å². The van der Waals surface area contributed by atoms with Gasteiger partial charge in [0.25, 0.3) is 0 Å². The highest BCUT2D eigenvalue weighted by molar-refractivity contribution is 5.85. The number of alkyl halides is 3. The van der Waals surface area contributed by atoms with Crippen molar-refractivity contribution in [2.75, 3.05) is 20.2 Å². The molecule has 32 heavy (non-hydrogen) atoms. The van der Waals surface area contributed by atoms with Gasteiger partial charge in [-0.1, -0.05) is 24.3 Å². The van der Waals surface area contributed by atoms with Crippen LogP contribution >= 0.6 is 24.8 Å². The lowest BCUT2D eigenvalue weighted by atomic mass is 10.1. The molecule has 2 aromatic heterocycles. The first-order valence-corrected chi connectivity index (χ1v) is 9.05. The van der Waals surface area contributed by atoms with E-state index in [1.54, 1.807) is 36.4 Å². The molecule has 3 rings (SSSR count). The Morgan fingerprint density at radius 1 is 1.16 bits per heavy atom. The summed E-state index contributed by atoms with van der Waals surface area (Å²) in [6.45, 7) is 0.341. The number of rotatable bonds is 7. The Morgan fingerprint density at radius 2 is 1.84 bits per heavy atom. The van der Waals surface area contributed by atoms with Gasteiger partial charge >= 0.3 is 6.18 Å². The summed E-state index contributed by atoms with van der Waals surface area (Å²) in [6.07, 6.45) is -2.62. The van der Waals surface area contributed by atoms with Crippen molar-refractivity contribution >= 4 is 30.7 Å². The summed E-state index contributed by atoms with van der Waals surface area (Å²) in [4.78, 5) is 15.2. The average molecular weight is 492 g/mol. The normalized spacial score (nSPS) is 10.7. The van der Waals surface area contributed by atoms with Gasteiger partial charge in [0.05, 0.1) is 31.2 Å². The summed E-state index contributed by atoms with van der Waals surface area (Å²) in [5.41, 5.74) is 6.36. The van der Waals surface area contributed by atoms with Crippen LogP contribution in [0.15, 0.2) is 48.7 Å². The van der Waals surface area contributed by atoms with Crippen LogP contribution in [0.2, 0.25) is 0 Å². The molecule has 1 amide bonds. The van der Waals surface area contributed by atoms with Gasteiger partial charge in [-0.3, -0.25) is 4.79 Å². The molecule has 0 aliphatic carbocycles. The first-order chi connectivity index (χ1) is 14.3. The predicted molar refractivity (Wildman–Crippen MR) is 119 cm³/mol. The average Bonchev–Trinajstić information content (AvgIpc) is 3.20. The number of ether oxygens (including phenoxy) is 1. The largest absolute Gasteiger partial charge is 0.481 e. The number of methoxy groups -OCH3 is 1. The number of hydrogen-bond donors (Lipinski definition) is 2. The van der Waals surface area contributed by atoms with E-state index in [4.69, 9.17) is 10.5 Å². The predicted octanol–water partition coefficient (Wildman–Crippen LogP) is 3.42. The number of benzene rings is 1. The van der Waals surface area contributed by atoms with Crippen LogP contribution in [0.4, 0.5) is 13.2 Å². The summed E-state index contributed by atoms with van der Waals surface area (Å²) in [5, 5.41) is 6.40. The summed E-state index contributed by atoms with van der Waals surface area (Å²) in [6, 6.07) is 11.1. The highest BCUT2D eigenvalue weighted by Crippen LogP contribution is 2.33. The van der Waals surface area contributed by atoms with E-state index in [1.165, 1.54) is 18.0 Å². The van der Waals surface area contributed by atoms with Crippen LogP contribution in [-0.4, -0.2) is 40.9 Å². The van der Waals surface area contributed by atoms with Gasteiger partial charge in [-0.25, -0.2) is 9.67 Å².